The van der Waals surface area contributed by atoms with E-state index in [4.69, 9.17) is 0 Å². The van der Waals surface area contributed by atoms with Crippen molar-refractivity contribution in [3.63, 3.8) is 0 Å². The van der Waals surface area contributed by atoms with E-state index in [9.17, 15) is 4.79 Å². The highest BCUT2D eigenvalue weighted by Gasteiger charge is 2.23. The summed E-state index contributed by atoms with van der Waals surface area (Å²) in [6.45, 7) is 5.88. The summed E-state index contributed by atoms with van der Waals surface area (Å²) in [5.74, 6) is 0.116. The van der Waals surface area contributed by atoms with Gasteiger partial charge in [-0.05, 0) is 0 Å². The summed E-state index contributed by atoms with van der Waals surface area (Å²) in [6.07, 6.45) is 0. The maximum absolute atomic E-state index is 11.0. The second-order valence-corrected chi connectivity index (χ2v) is 2.82. The van der Waals surface area contributed by atoms with Crippen LogP contribution in [0.1, 0.15) is 13.8 Å². The molecule has 0 aromatic carbocycles. The molecule has 2 nitrogen and oxygen atoms in total. The number of rotatable bonds is 2. The standard InChI is InChI=1S/C5H13B2NO/c1-5(2,7-3)4(9)8-6/h7H,6H2,1-3H3,(H,8,9). The van der Waals surface area contributed by atoms with Crippen molar-refractivity contribution in [3.05, 3.63) is 0 Å². The summed E-state index contributed by atoms with van der Waals surface area (Å²) >= 11 is 0. The van der Waals surface area contributed by atoms with Gasteiger partial charge in [-0.15, -0.1) is 0 Å². The predicted octanol–water partition coefficient (Wildman–Crippen LogP) is -0.666. The van der Waals surface area contributed by atoms with Crippen LogP contribution in [0.25, 0.3) is 0 Å². The zero-order valence-electron chi connectivity index (χ0n) is 6.62. The van der Waals surface area contributed by atoms with Gasteiger partial charge in [-0.3, -0.25) is 4.79 Å². The van der Waals surface area contributed by atoms with Crippen molar-refractivity contribution < 1.29 is 4.79 Å². The molecule has 0 atom stereocenters. The van der Waals surface area contributed by atoms with E-state index in [0.717, 1.165) is 7.28 Å². The van der Waals surface area contributed by atoms with Crippen LogP contribution >= 0.6 is 0 Å². The van der Waals surface area contributed by atoms with Crippen LogP contribution in [-0.4, -0.2) is 21.2 Å². The second-order valence-electron chi connectivity index (χ2n) is 2.82. The molecular formula is C5H13B2NO. The van der Waals surface area contributed by atoms with Crippen LogP contribution < -0.4 is 5.23 Å². The Labute approximate surface area is 58.1 Å². The maximum atomic E-state index is 11.0. The van der Waals surface area contributed by atoms with Crippen molar-refractivity contribution in [2.45, 2.75) is 26.0 Å². The molecule has 0 aromatic rings. The lowest BCUT2D eigenvalue weighted by Gasteiger charge is -2.18. The quantitative estimate of drug-likeness (QED) is 0.487. The first-order valence-corrected chi connectivity index (χ1v) is 3.26. The minimum absolute atomic E-state index is 0.116. The third-order valence-electron chi connectivity index (χ3n) is 1.73. The third-order valence-corrected chi connectivity index (χ3v) is 1.73. The van der Waals surface area contributed by atoms with Crippen molar-refractivity contribution in [1.82, 2.24) is 5.23 Å². The SMILES string of the molecule is BNC(=O)C(C)(C)BC. The molecule has 0 radical (unpaired) electrons. The first-order chi connectivity index (χ1) is 4.04. The molecule has 0 unspecified atom stereocenters. The van der Waals surface area contributed by atoms with E-state index >= 15 is 0 Å². The molecule has 0 aliphatic heterocycles. The highest BCUT2D eigenvalue weighted by Crippen LogP contribution is 2.21. The summed E-state index contributed by atoms with van der Waals surface area (Å²) in [6, 6.07) is 0. The minimum atomic E-state index is -0.200. The van der Waals surface area contributed by atoms with Crippen LogP contribution in [0.4, 0.5) is 0 Å². The highest BCUT2D eigenvalue weighted by atomic mass is 16.1. The Kier molecular flexibility index (Phi) is 2.82. The molecule has 1 N–H and O–H groups in total. The molecule has 0 spiro atoms. The fraction of sp³-hybridized carbons (Fsp3) is 0.800. The van der Waals surface area contributed by atoms with Gasteiger partial charge in [0.2, 0.25) is 13.9 Å². The molecule has 0 aliphatic carbocycles. The summed E-state index contributed by atoms with van der Waals surface area (Å²) in [5.41, 5.74) is 0. The highest BCUT2D eigenvalue weighted by molar-refractivity contribution is 6.46. The fourth-order valence-corrected chi connectivity index (χ4v) is 0.499. The summed E-state index contributed by atoms with van der Waals surface area (Å²) < 4.78 is 0. The molecule has 0 aliphatic rings. The molecule has 0 saturated heterocycles. The van der Waals surface area contributed by atoms with Crippen molar-refractivity contribution in [2.24, 2.45) is 0 Å². The smallest absolute Gasteiger partial charge is 0.217 e. The van der Waals surface area contributed by atoms with E-state index in [-0.39, 0.29) is 11.2 Å². The van der Waals surface area contributed by atoms with Crippen LogP contribution in [0.2, 0.25) is 12.1 Å². The van der Waals surface area contributed by atoms with E-state index in [1.54, 1.807) is 7.98 Å². The van der Waals surface area contributed by atoms with Gasteiger partial charge in [0.25, 0.3) is 0 Å². The molecule has 0 rings (SSSR count). The average Bonchev–Trinajstić information content (AvgIpc) is 1.86. The van der Waals surface area contributed by atoms with Crippen molar-refractivity contribution in [1.29, 1.82) is 0 Å². The van der Waals surface area contributed by atoms with Gasteiger partial charge < -0.3 is 5.23 Å². The van der Waals surface area contributed by atoms with Gasteiger partial charge in [0.15, 0.2) is 0 Å². The molecule has 4 heteroatoms. The average molecular weight is 125 g/mol. The lowest BCUT2D eigenvalue weighted by Crippen LogP contribution is -2.33. The van der Waals surface area contributed by atoms with Gasteiger partial charge in [-0.2, -0.15) is 0 Å². The Hall–Kier alpha value is -0.400. The van der Waals surface area contributed by atoms with Crippen LogP contribution in [0.15, 0.2) is 0 Å². The Morgan fingerprint density at radius 1 is 1.67 bits per heavy atom. The summed E-state index contributed by atoms with van der Waals surface area (Å²) in [7, 11) is 2.55. The van der Waals surface area contributed by atoms with Crippen LogP contribution in [0.5, 0.6) is 0 Å². The normalized spacial score (nSPS) is 10.6. The monoisotopic (exact) mass is 125 g/mol. The molecule has 0 aromatic heterocycles. The molecule has 9 heavy (non-hydrogen) atoms. The summed E-state index contributed by atoms with van der Waals surface area (Å²) in [5, 5.41) is 2.42. The molecular weight excluding hydrogens is 112 g/mol. The predicted molar refractivity (Wildman–Crippen MR) is 43.7 cm³/mol. The van der Waals surface area contributed by atoms with Gasteiger partial charge in [-0.25, -0.2) is 0 Å². The lowest BCUT2D eigenvalue weighted by atomic mass is 9.55. The number of amides is 1. The fourth-order valence-electron chi connectivity index (χ4n) is 0.499. The first-order valence-electron chi connectivity index (χ1n) is 3.26. The molecule has 0 fully saturated rings. The second kappa shape index (κ2) is 2.95. The van der Waals surface area contributed by atoms with E-state index < -0.39 is 0 Å². The summed E-state index contributed by atoms with van der Waals surface area (Å²) in [4.78, 5) is 11.0. The Bertz CT molecular complexity index is 114. The number of carbonyl (C=O) groups excluding carboxylic acids is 1. The zero-order chi connectivity index (χ0) is 7.49. The van der Waals surface area contributed by atoms with Gasteiger partial charge in [0, 0.05) is 5.31 Å². The van der Waals surface area contributed by atoms with Crippen molar-refractivity contribution in [2.75, 3.05) is 0 Å². The maximum Gasteiger partial charge on any atom is 0.217 e. The van der Waals surface area contributed by atoms with Gasteiger partial charge >= 0.3 is 0 Å². The lowest BCUT2D eigenvalue weighted by molar-refractivity contribution is -0.121. The van der Waals surface area contributed by atoms with Crippen molar-refractivity contribution >= 4 is 21.2 Å². The van der Waals surface area contributed by atoms with Gasteiger partial charge in [0.05, 0.1) is 0 Å². The zero-order valence-corrected chi connectivity index (χ0v) is 6.62. The first kappa shape index (κ1) is 8.60. The third kappa shape index (κ3) is 2.12. The largest absolute Gasteiger partial charge is 0.406 e. The Balaban J connectivity index is 3.97. The van der Waals surface area contributed by atoms with Gasteiger partial charge in [0.1, 0.15) is 7.28 Å². The number of hydrogen-bond acceptors (Lipinski definition) is 1. The number of carbonyl (C=O) groups is 1. The number of hydrogen-bond donors (Lipinski definition) is 1. The Morgan fingerprint density at radius 2 is 2.11 bits per heavy atom. The molecule has 50 valence electrons. The van der Waals surface area contributed by atoms with Crippen LogP contribution in [0.3, 0.4) is 0 Å². The van der Waals surface area contributed by atoms with E-state index in [0.29, 0.717) is 0 Å². The molecule has 0 bridgehead atoms. The topological polar surface area (TPSA) is 29.1 Å². The van der Waals surface area contributed by atoms with E-state index in [1.807, 2.05) is 20.7 Å². The number of nitrogens with one attached hydrogen (secondary N) is 1. The van der Waals surface area contributed by atoms with Crippen LogP contribution in [0, 0.1) is 0 Å². The Morgan fingerprint density at radius 3 is 2.22 bits per heavy atom. The molecule has 0 saturated carbocycles. The minimum Gasteiger partial charge on any atom is -0.406 e. The van der Waals surface area contributed by atoms with Gasteiger partial charge in [-0.1, -0.05) is 20.7 Å². The molecule has 1 amide bonds. The van der Waals surface area contributed by atoms with E-state index in [1.165, 1.54) is 0 Å². The van der Waals surface area contributed by atoms with E-state index in [2.05, 4.69) is 5.23 Å². The van der Waals surface area contributed by atoms with Crippen LogP contribution in [-0.2, 0) is 4.79 Å². The van der Waals surface area contributed by atoms with Crippen molar-refractivity contribution in [3.8, 4) is 0 Å². The molecule has 0 heterocycles.